The molecule has 6 amide bonds. The van der Waals surface area contributed by atoms with Crippen molar-refractivity contribution in [3.63, 3.8) is 0 Å². The summed E-state index contributed by atoms with van der Waals surface area (Å²) in [6.07, 6.45) is 0.445. The first-order chi connectivity index (χ1) is 23.9. The standard InChI is InChI=1S/C31H52N10O10/c1-16(2)24(39-25(45)17(32)6-3-13-36-31(34)35)27(47)37-18(10-12-23(43)44)26(46)38-19(9-11-22(33)42)28(48)40-14-4-7-20(40)29(49)41-15-5-8-21(41)30(50)51/h16-21,24H,3-15,32H2,1-2H3,(H2,33,42)(H,37,47)(H,38,46)(H,39,45)(H,43,44)(H,50,51)(H4,34,35,36)/t17-,18-,19-,20-,21-,24-/m0/s1. The summed E-state index contributed by atoms with van der Waals surface area (Å²) in [5, 5.41) is 26.4. The zero-order valence-electron chi connectivity index (χ0n) is 29.0. The van der Waals surface area contributed by atoms with E-state index in [1.165, 1.54) is 9.80 Å². The van der Waals surface area contributed by atoms with Crippen molar-refractivity contribution in [3.8, 4) is 0 Å². The molecule has 2 heterocycles. The average Bonchev–Trinajstić information content (AvgIpc) is 3.75. The number of likely N-dealkylation sites (tertiary alicyclic amines) is 2. The summed E-state index contributed by atoms with van der Waals surface area (Å²) in [5.41, 5.74) is 21.9. The summed E-state index contributed by atoms with van der Waals surface area (Å²) >= 11 is 0. The van der Waals surface area contributed by atoms with Gasteiger partial charge in [0.05, 0.1) is 6.04 Å². The highest BCUT2D eigenvalue weighted by atomic mass is 16.4. The van der Waals surface area contributed by atoms with Gasteiger partial charge >= 0.3 is 11.9 Å². The minimum Gasteiger partial charge on any atom is -0.481 e. The van der Waals surface area contributed by atoms with Crippen LogP contribution in [0.1, 0.15) is 78.1 Å². The molecule has 20 nitrogen and oxygen atoms in total. The Balaban J connectivity index is 2.24. The molecule has 0 aromatic heterocycles. The molecule has 0 spiro atoms. The van der Waals surface area contributed by atoms with Crippen molar-refractivity contribution >= 4 is 53.3 Å². The van der Waals surface area contributed by atoms with E-state index in [9.17, 15) is 48.6 Å². The summed E-state index contributed by atoms with van der Waals surface area (Å²) < 4.78 is 0. The number of aliphatic imine (C=N–C) groups is 1. The van der Waals surface area contributed by atoms with Gasteiger partial charge in [-0.05, 0) is 57.3 Å². The summed E-state index contributed by atoms with van der Waals surface area (Å²) in [6.45, 7) is 3.83. The third-order valence-electron chi connectivity index (χ3n) is 8.77. The molecule has 20 heteroatoms. The largest absolute Gasteiger partial charge is 0.481 e. The van der Waals surface area contributed by atoms with Gasteiger partial charge in [-0.2, -0.15) is 0 Å². The molecule has 0 aliphatic carbocycles. The van der Waals surface area contributed by atoms with Gasteiger partial charge in [0.1, 0.15) is 30.2 Å². The van der Waals surface area contributed by atoms with Crippen LogP contribution >= 0.6 is 0 Å². The van der Waals surface area contributed by atoms with Gasteiger partial charge in [0.2, 0.25) is 35.4 Å². The van der Waals surface area contributed by atoms with Crippen LogP contribution in [-0.2, 0) is 38.4 Å². The van der Waals surface area contributed by atoms with Crippen LogP contribution in [0.4, 0.5) is 0 Å². The number of hydrogen-bond donors (Lipinski definition) is 9. The normalized spacial score (nSPS) is 19.4. The fourth-order valence-corrected chi connectivity index (χ4v) is 6.03. The van der Waals surface area contributed by atoms with Gasteiger partial charge < -0.3 is 58.9 Å². The predicted octanol–water partition coefficient (Wildman–Crippen LogP) is -3.33. The minimum atomic E-state index is -1.50. The Hall–Kier alpha value is -5.01. The molecular weight excluding hydrogens is 672 g/mol. The Morgan fingerprint density at radius 2 is 1.35 bits per heavy atom. The van der Waals surface area contributed by atoms with Gasteiger partial charge in [-0.15, -0.1) is 0 Å². The molecule has 286 valence electrons. The number of rotatable bonds is 20. The molecule has 0 unspecified atom stereocenters. The highest BCUT2D eigenvalue weighted by Gasteiger charge is 2.44. The Kier molecular flexibility index (Phi) is 16.5. The summed E-state index contributed by atoms with van der Waals surface area (Å²) in [7, 11) is 0. The number of nitrogens with one attached hydrogen (secondary N) is 3. The van der Waals surface area contributed by atoms with E-state index in [1.54, 1.807) is 13.8 Å². The number of nitrogens with two attached hydrogens (primary N) is 4. The first-order valence-electron chi connectivity index (χ1n) is 17.0. The van der Waals surface area contributed by atoms with Crippen molar-refractivity contribution in [1.29, 1.82) is 0 Å². The minimum absolute atomic E-state index is 0.113. The van der Waals surface area contributed by atoms with Gasteiger partial charge in [-0.1, -0.05) is 13.8 Å². The van der Waals surface area contributed by atoms with Crippen LogP contribution in [0.25, 0.3) is 0 Å². The number of hydrogen-bond acceptors (Lipinski definition) is 10. The summed E-state index contributed by atoms with van der Waals surface area (Å²) in [4.78, 5) is 108. The van der Waals surface area contributed by atoms with Gasteiger partial charge in [-0.25, -0.2) is 4.79 Å². The highest BCUT2D eigenvalue weighted by molar-refractivity contribution is 5.97. The number of carboxylic acid groups (broad SMARTS) is 2. The summed E-state index contributed by atoms with van der Waals surface area (Å²) in [6, 6.07) is -7.13. The maximum atomic E-state index is 13.9. The third-order valence-corrected chi connectivity index (χ3v) is 8.77. The molecular formula is C31H52N10O10. The highest BCUT2D eigenvalue weighted by Crippen LogP contribution is 2.26. The topological polar surface area (TPSA) is 336 Å². The molecule has 2 rings (SSSR count). The molecule has 0 aromatic rings. The number of aliphatic carboxylic acids is 2. The van der Waals surface area contributed by atoms with E-state index in [1.807, 2.05) is 0 Å². The van der Waals surface area contributed by atoms with E-state index in [4.69, 9.17) is 22.9 Å². The van der Waals surface area contributed by atoms with Crippen LogP contribution in [0.2, 0.25) is 0 Å². The lowest BCUT2D eigenvalue weighted by Crippen LogP contribution is -2.60. The molecule has 6 atom stereocenters. The lowest BCUT2D eigenvalue weighted by molar-refractivity contribution is -0.152. The monoisotopic (exact) mass is 724 g/mol. The fraction of sp³-hybridized carbons (Fsp3) is 0.710. The fourth-order valence-electron chi connectivity index (χ4n) is 6.03. The molecule has 2 fully saturated rings. The maximum Gasteiger partial charge on any atom is 0.326 e. The molecule has 0 aromatic carbocycles. The molecule has 2 aliphatic rings. The molecule has 0 saturated carbocycles. The molecule has 0 bridgehead atoms. The number of primary amides is 1. The quantitative estimate of drug-likeness (QED) is 0.0338. The molecule has 51 heavy (non-hydrogen) atoms. The van der Waals surface area contributed by atoms with Crippen LogP contribution in [-0.4, -0.2) is 129 Å². The number of amides is 6. The number of carbonyl (C=O) groups is 8. The van der Waals surface area contributed by atoms with Crippen LogP contribution in [0.15, 0.2) is 4.99 Å². The van der Waals surface area contributed by atoms with E-state index in [0.29, 0.717) is 19.3 Å². The van der Waals surface area contributed by atoms with Crippen molar-refractivity contribution in [3.05, 3.63) is 0 Å². The maximum absolute atomic E-state index is 13.9. The number of carboxylic acids is 2. The first kappa shape index (κ1) is 42.2. The van der Waals surface area contributed by atoms with Crippen molar-refractivity contribution < 1.29 is 48.6 Å². The van der Waals surface area contributed by atoms with E-state index in [2.05, 4.69) is 20.9 Å². The molecule has 13 N–H and O–H groups in total. The SMILES string of the molecule is CC(C)[C@H](NC(=O)[C@@H](N)CCCN=C(N)N)C(=O)N[C@@H](CCC(=O)O)C(=O)N[C@@H](CCC(N)=O)C(=O)N1CCC[C@H]1C(=O)N1CCC[C@H]1C(=O)O. The van der Waals surface area contributed by atoms with E-state index < -0.39 is 102 Å². The van der Waals surface area contributed by atoms with Gasteiger partial charge in [0, 0.05) is 32.5 Å². The lowest BCUT2D eigenvalue weighted by atomic mass is 10.0. The predicted molar refractivity (Wildman–Crippen MR) is 181 cm³/mol. The Bertz CT molecular complexity index is 1340. The second kappa shape index (κ2) is 20.0. The third kappa shape index (κ3) is 13.0. The van der Waals surface area contributed by atoms with Gasteiger partial charge in [0.25, 0.3) is 0 Å². The number of carbonyl (C=O) groups excluding carboxylic acids is 6. The zero-order valence-corrected chi connectivity index (χ0v) is 29.0. The number of nitrogens with zero attached hydrogens (tertiary/aromatic N) is 3. The van der Waals surface area contributed by atoms with Gasteiger partial charge in [-0.3, -0.25) is 38.6 Å². The van der Waals surface area contributed by atoms with Crippen molar-refractivity contribution in [1.82, 2.24) is 25.8 Å². The second-order valence-corrected chi connectivity index (χ2v) is 13.1. The van der Waals surface area contributed by atoms with Gasteiger partial charge in [0.15, 0.2) is 5.96 Å². The van der Waals surface area contributed by atoms with E-state index in [0.717, 1.165) is 0 Å². The van der Waals surface area contributed by atoms with Crippen LogP contribution in [0.3, 0.4) is 0 Å². The molecule has 2 saturated heterocycles. The Morgan fingerprint density at radius 1 is 0.765 bits per heavy atom. The summed E-state index contributed by atoms with van der Waals surface area (Å²) in [5.74, 6) is -7.51. The first-order valence-corrected chi connectivity index (χ1v) is 17.0. The lowest BCUT2D eigenvalue weighted by Gasteiger charge is -2.33. The molecule has 0 radical (unpaired) electrons. The van der Waals surface area contributed by atoms with Crippen molar-refractivity contribution in [2.75, 3.05) is 19.6 Å². The Morgan fingerprint density at radius 3 is 1.92 bits per heavy atom. The van der Waals surface area contributed by atoms with E-state index in [-0.39, 0.29) is 57.7 Å². The second-order valence-electron chi connectivity index (χ2n) is 13.1. The average molecular weight is 725 g/mol. The zero-order chi connectivity index (χ0) is 38.4. The van der Waals surface area contributed by atoms with Crippen LogP contribution in [0.5, 0.6) is 0 Å². The van der Waals surface area contributed by atoms with E-state index >= 15 is 0 Å². The van der Waals surface area contributed by atoms with Crippen LogP contribution in [0, 0.1) is 5.92 Å². The van der Waals surface area contributed by atoms with Crippen molar-refractivity contribution in [2.45, 2.75) is 114 Å². The van der Waals surface area contributed by atoms with Crippen molar-refractivity contribution in [2.24, 2.45) is 33.8 Å². The smallest absolute Gasteiger partial charge is 0.326 e. The number of guanidine groups is 1. The van der Waals surface area contributed by atoms with Crippen LogP contribution < -0.4 is 38.9 Å². The Labute approximate surface area is 295 Å². The molecule has 2 aliphatic heterocycles.